The summed E-state index contributed by atoms with van der Waals surface area (Å²) in [6.45, 7) is 0. The second-order valence-corrected chi connectivity index (χ2v) is 12.6. The van der Waals surface area contributed by atoms with E-state index in [0.29, 0.717) is 0 Å². The molecule has 2 nitrogen and oxygen atoms in total. The lowest BCUT2D eigenvalue weighted by Crippen LogP contribution is -2.10. The molecule has 0 bridgehead atoms. The maximum absolute atomic E-state index is 2.38. The summed E-state index contributed by atoms with van der Waals surface area (Å²) in [7, 11) is 0. The van der Waals surface area contributed by atoms with Gasteiger partial charge in [0.05, 0.1) is 11.4 Å². The normalized spacial score (nSPS) is 11.2. The van der Waals surface area contributed by atoms with E-state index < -0.39 is 0 Å². The first-order chi connectivity index (χ1) is 24.8. The lowest BCUT2D eigenvalue weighted by Gasteiger charge is -2.28. The van der Waals surface area contributed by atoms with E-state index in [0.717, 1.165) is 34.1 Å². The molecule has 0 aliphatic carbocycles. The zero-order valence-electron chi connectivity index (χ0n) is 27.5. The fourth-order valence-corrected chi connectivity index (χ4v) is 7.24. The Morgan fingerprint density at radius 1 is 0.240 bits per heavy atom. The van der Waals surface area contributed by atoms with Gasteiger partial charge in [-0.2, -0.15) is 0 Å². The zero-order chi connectivity index (χ0) is 33.3. The van der Waals surface area contributed by atoms with Gasteiger partial charge < -0.3 is 9.80 Å². The summed E-state index contributed by atoms with van der Waals surface area (Å²) >= 11 is 0. The van der Waals surface area contributed by atoms with Gasteiger partial charge in [-0.1, -0.05) is 146 Å². The molecule has 0 radical (unpaired) electrons. The molecule has 0 saturated carbocycles. The van der Waals surface area contributed by atoms with Crippen LogP contribution in [0.15, 0.2) is 206 Å². The Kier molecular flexibility index (Phi) is 7.53. The maximum atomic E-state index is 2.38. The second-order valence-electron chi connectivity index (χ2n) is 12.6. The average molecular weight is 639 g/mol. The van der Waals surface area contributed by atoms with E-state index in [2.05, 4.69) is 216 Å². The number of fused-ring (bicyclic) bond motifs is 4. The molecule has 2 heteroatoms. The molecule has 0 spiro atoms. The number of rotatable bonds is 7. The van der Waals surface area contributed by atoms with E-state index in [4.69, 9.17) is 0 Å². The van der Waals surface area contributed by atoms with Gasteiger partial charge in [0, 0.05) is 33.5 Å². The van der Waals surface area contributed by atoms with Crippen LogP contribution in [0.3, 0.4) is 0 Å². The summed E-state index contributed by atoms with van der Waals surface area (Å²) in [4.78, 5) is 4.73. The largest absolute Gasteiger partial charge is 0.310 e. The van der Waals surface area contributed by atoms with E-state index in [1.807, 2.05) is 0 Å². The molecule has 9 aromatic rings. The van der Waals surface area contributed by atoms with Crippen molar-refractivity contribution in [3.63, 3.8) is 0 Å². The number of anilines is 6. The Hall–Kier alpha value is -6.64. The van der Waals surface area contributed by atoms with Gasteiger partial charge in [-0.05, 0) is 93.3 Å². The Labute approximate surface area is 292 Å². The highest BCUT2D eigenvalue weighted by Gasteiger charge is 2.18. The molecule has 9 rings (SSSR count). The van der Waals surface area contributed by atoms with Gasteiger partial charge in [-0.25, -0.2) is 0 Å². The van der Waals surface area contributed by atoms with Crippen LogP contribution in [0.2, 0.25) is 0 Å². The molecular formula is C48H34N2. The van der Waals surface area contributed by atoms with E-state index in [1.54, 1.807) is 0 Å². The quantitative estimate of drug-likeness (QED) is 0.160. The first-order valence-corrected chi connectivity index (χ1v) is 17.1. The van der Waals surface area contributed by atoms with Crippen LogP contribution < -0.4 is 9.80 Å². The SMILES string of the molecule is c1ccc(N(c2ccc(-c3ccc(N(c4ccccc4)c4cc5ccccc5c5ccccc45)cc3)cc2)c2cccc3ccccc23)cc1. The molecule has 9 aromatic carbocycles. The zero-order valence-corrected chi connectivity index (χ0v) is 27.5. The molecule has 0 saturated heterocycles. The van der Waals surface area contributed by atoms with Gasteiger partial charge >= 0.3 is 0 Å². The topological polar surface area (TPSA) is 6.48 Å². The van der Waals surface area contributed by atoms with Gasteiger partial charge in [0.15, 0.2) is 0 Å². The molecule has 236 valence electrons. The average Bonchev–Trinajstić information content (AvgIpc) is 3.20. The summed E-state index contributed by atoms with van der Waals surface area (Å²) in [5, 5.41) is 7.43. The highest BCUT2D eigenvalue weighted by atomic mass is 15.1. The summed E-state index contributed by atoms with van der Waals surface area (Å²) in [5.41, 5.74) is 9.16. The Morgan fingerprint density at radius 3 is 1.26 bits per heavy atom. The molecular weight excluding hydrogens is 605 g/mol. The van der Waals surface area contributed by atoms with Crippen LogP contribution in [0.5, 0.6) is 0 Å². The predicted octanol–water partition coefficient (Wildman–Crippen LogP) is 13.8. The van der Waals surface area contributed by atoms with Gasteiger partial charge in [-0.15, -0.1) is 0 Å². The van der Waals surface area contributed by atoms with Crippen molar-refractivity contribution in [1.82, 2.24) is 0 Å². The number of hydrogen-bond acceptors (Lipinski definition) is 2. The van der Waals surface area contributed by atoms with E-state index >= 15 is 0 Å². The Balaban J connectivity index is 1.10. The number of para-hydroxylation sites is 2. The van der Waals surface area contributed by atoms with Crippen molar-refractivity contribution in [1.29, 1.82) is 0 Å². The highest BCUT2D eigenvalue weighted by molar-refractivity contribution is 6.14. The standard InChI is InChI=1S/C48H34N2/c1-3-17-39(18-4-1)49(47-25-13-16-37-14-7-10-22-44(37)47)41-30-26-35(27-31-41)36-28-32-42(33-29-36)50(40-19-5-2-6-20-40)48-34-38-15-8-9-21-43(38)45-23-11-12-24-46(45)48/h1-34H. The van der Waals surface area contributed by atoms with Gasteiger partial charge in [-0.3, -0.25) is 0 Å². The van der Waals surface area contributed by atoms with Crippen LogP contribution in [0, 0.1) is 0 Å². The predicted molar refractivity (Wildman–Crippen MR) is 214 cm³/mol. The van der Waals surface area contributed by atoms with Gasteiger partial charge in [0.25, 0.3) is 0 Å². The first kappa shape index (κ1) is 29.5. The highest BCUT2D eigenvalue weighted by Crippen LogP contribution is 2.43. The van der Waals surface area contributed by atoms with Gasteiger partial charge in [0.2, 0.25) is 0 Å². The third kappa shape index (κ3) is 5.34. The molecule has 0 unspecified atom stereocenters. The van der Waals surface area contributed by atoms with E-state index in [1.165, 1.54) is 43.4 Å². The third-order valence-electron chi connectivity index (χ3n) is 9.61. The molecule has 0 N–H and O–H groups in total. The van der Waals surface area contributed by atoms with Crippen molar-refractivity contribution in [2.24, 2.45) is 0 Å². The molecule has 0 amide bonds. The fourth-order valence-electron chi connectivity index (χ4n) is 7.24. The lowest BCUT2D eigenvalue weighted by atomic mass is 9.98. The number of benzene rings is 9. The Morgan fingerprint density at radius 2 is 0.660 bits per heavy atom. The first-order valence-electron chi connectivity index (χ1n) is 17.1. The summed E-state index contributed by atoms with van der Waals surface area (Å²) in [5.74, 6) is 0. The number of nitrogens with zero attached hydrogens (tertiary/aromatic N) is 2. The lowest BCUT2D eigenvalue weighted by molar-refractivity contribution is 1.29. The maximum Gasteiger partial charge on any atom is 0.0546 e. The van der Waals surface area contributed by atoms with Crippen LogP contribution in [-0.2, 0) is 0 Å². The van der Waals surface area contributed by atoms with Crippen molar-refractivity contribution in [2.75, 3.05) is 9.80 Å². The minimum absolute atomic E-state index is 1.11. The number of hydrogen-bond donors (Lipinski definition) is 0. The van der Waals surface area contributed by atoms with Crippen LogP contribution in [-0.4, -0.2) is 0 Å². The Bertz CT molecular complexity index is 2570. The summed E-state index contributed by atoms with van der Waals surface area (Å²) in [6, 6.07) is 74.0. The van der Waals surface area contributed by atoms with Gasteiger partial charge in [0.1, 0.15) is 0 Å². The molecule has 0 aliphatic rings. The summed E-state index contributed by atoms with van der Waals surface area (Å²) < 4.78 is 0. The molecule has 0 atom stereocenters. The van der Waals surface area contributed by atoms with Crippen LogP contribution in [0.1, 0.15) is 0 Å². The molecule has 50 heavy (non-hydrogen) atoms. The second kappa shape index (κ2) is 12.8. The van der Waals surface area contributed by atoms with Crippen molar-refractivity contribution in [2.45, 2.75) is 0 Å². The molecule has 0 aromatic heterocycles. The van der Waals surface area contributed by atoms with E-state index in [-0.39, 0.29) is 0 Å². The van der Waals surface area contributed by atoms with E-state index in [9.17, 15) is 0 Å². The fraction of sp³-hybridized carbons (Fsp3) is 0. The minimum Gasteiger partial charge on any atom is -0.310 e. The van der Waals surface area contributed by atoms with Crippen molar-refractivity contribution in [3.8, 4) is 11.1 Å². The third-order valence-corrected chi connectivity index (χ3v) is 9.61. The molecule has 0 fully saturated rings. The van der Waals surface area contributed by atoms with Crippen LogP contribution in [0.4, 0.5) is 34.1 Å². The van der Waals surface area contributed by atoms with Crippen molar-refractivity contribution in [3.05, 3.63) is 206 Å². The van der Waals surface area contributed by atoms with Crippen molar-refractivity contribution >= 4 is 66.4 Å². The minimum atomic E-state index is 1.11. The molecule has 0 heterocycles. The van der Waals surface area contributed by atoms with Crippen molar-refractivity contribution < 1.29 is 0 Å². The van der Waals surface area contributed by atoms with Crippen LogP contribution >= 0.6 is 0 Å². The smallest absolute Gasteiger partial charge is 0.0546 e. The van der Waals surface area contributed by atoms with Crippen LogP contribution in [0.25, 0.3) is 43.4 Å². The molecule has 0 aliphatic heterocycles. The monoisotopic (exact) mass is 638 g/mol. The summed E-state index contributed by atoms with van der Waals surface area (Å²) in [6.07, 6.45) is 0.